The third kappa shape index (κ3) is 3.43. The number of carbonyl (C=O) groups is 1. The maximum absolute atomic E-state index is 12.6. The van der Waals surface area contributed by atoms with E-state index in [1.54, 1.807) is 21.6 Å². The Kier molecular flexibility index (Phi) is 4.64. The number of carbonyl (C=O) groups excluding carboxylic acids is 1. The maximum Gasteiger partial charge on any atom is 0.271 e. The van der Waals surface area contributed by atoms with Crippen LogP contribution in [0.2, 0.25) is 0 Å². The zero-order valence-electron chi connectivity index (χ0n) is 15.1. The van der Waals surface area contributed by atoms with Gasteiger partial charge in [0.05, 0.1) is 30.4 Å². The fourth-order valence-electron chi connectivity index (χ4n) is 3.44. The van der Waals surface area contributed by atoms with Crippen molar-refractivity contribution in [3.8, 4) is 5.69 Å². The van der Waals surface area contributed by atoms with E-state index in [1.807, 2.05) is 48.1 Å². The Balaban J connectivity index is 1.46. The van der Waals surface area contributed by atoms with Crippen LogP contribution in [0, 0.1) is 5.92 Å². The van der Waals surface area contributed by atoms with Crippen LogP contribution in [0.25, 0.3) is 5.69 Å². The van der Waals surface area contributed by atoms with E-state index in [1.165, 1.54) is 0 Å². The number of nitrogens with zero attached hydrogens (tertiary/aromatic N) is 4. The number of fused-ring (bicyclic) bond motifs is 1. The van der Waals surface area contributed by atoms with Gasteiger partial charge in [-0.2, -0.15) is 0 Å². The predicted molar refractivity (Wildman–Crippen MR) is 100 cm³/mol. The summed E-state index contributed by atoms with van der Waals surface area (Å²) < 4.78 is 5.37. The van der Waals surface area contributed by atoms with Gasteiger partial charge in [0.25, 0.3) is 5.56 Å². The standard InChI is InChI=1S/C19H22N6O2/c1-23-16(9-18(26)25(23)15-5-3-2-4-6-15)11-22-19(27)14-10-20-12-17-21-7-8-24(17)13-14/h2-9,14,20H,10-13H2,1H3,(H,22,27). The molecule has 3 heterocycles. The molecule has 8 nitrogen and oxygen atoms in total. The highest BCUT2D eigenvalue weighted by Crippen LogP contribution is 2.10. The molecule has 8 heteroatoms. The SMILES string of the molecule is Cn1c(CNC(=O)C2CNCc3nccn3C2)cc(=O)n1-c1ccccc1. The number of amides is 1. The number of para-hydroxylation sites is 1. The molecule has 0 bridgehead atoms. The van der Waals surface area contributed by atoms with Crippen LogP contribution in [0.1, 0.15) is 11.5 Å². The molecule has 2 N–H and O–H groups in total. The lowest BCUT2D eigenvalue weighted by Crippen LogP contribution is -2.37. The van der Waals surface area contributed by atoms with Crippen molar-refractivity contribution in [2.45, 2.75) is 19.6 Å². The number of hydrogen-bond donors (Lipinski definition) is 2. The summed E-state index contributed by atoms with van der Waals surface area (Å²) >= 11 is 0. The van der Waals surface area contributed by atoms with Crippen molar-refractivity contribution < 1.29 is 4.79 Å². The average Bonchev–Trinajstić information content (AvgIpc) is 3.16. The molecular formula is C19H22N6O2. The molecule has 2 aromatic heterocycles. The van der Waals surface area contributed by atoms with Crippen LogP contribution in [0.5, 0.6) is 0 Å². The Hall–Kier alpha value is -3.13. The zero-order chi connectivity index (χ0) is 18.8. The summed E-state index contributed by atoms with van der Waals surface area (Å²) in [5.41, 5.74) is 1.43. The molecule has 3 aromatic rings. The van der Waals surface area contributed by atoms with Crippen LogP contribution in [0.4, 0.5) is 0 Å². The quantitative estimate of drug-likeness (QED) is 0.700. The van der Waals surface area contributed by atoms with E-state index < -0.39 is 0 Å². The van der Waals surface area contributed by atoms with Gasteiger partial charge in [0.2, 0.25) is 5.91 Å². The smallest absolute Gasteiger partial charge is 0.271 e. The van der Waals surface area contributed by atoms with Gasteiger partial charge in [0, 0.05) is 38.6 Å². The monoisotopic (exact) mass is 366 g/mol. The molecule has 1 atom stereocenters. The number of benzene rings is 1. The summed E-state index contributed by atoms with van der Waals surface area (Å²) in [7, 11) is 1.82. The molecule has 1 amide bonds. The molecule has 0 fully saturated rings. The average molecular weight is 366 g/mol. The second-order valence-corrected chi connectivity index (χ2v) is 6.69. The van der Waals surface area contributed by atoms with E-state index in [4.69, 9.17) is 0 Å². The van der Waals surface area contributed by atoms with Crippen molar-refractivity contribution >= 4 is 5.91 Å². The summed E-state index contributed by atoms with van der Waals surface area (Å²) in [6, 6.07) is 11.0. The van der Waals surface area contributed by atoms with Gasteiger partial charge in [-0.25, -0.2) is 9.67 Å². The molecule has 27 heavy (non-hydrogen) atoms. The van der Waals surface area contributed by atoms with Crippen LogP contribution in [0.3, 0.4) is 0 Å². The minimum Gasteiger partial charge on any atom is -0.350 e. The fourth-order valence-corrected chi connectivity index (χ4v) is 3.44. The molecule has 0 saturated carbocycles. The van der Waals surface area contributed by atoms with Crippen molar-refractivity contribution in [2.24, 2.45) is 13.0 Å². The molecule has 0 aliphatic carbocycles. The minimum atomic E-state index is -0.186. The van der Waals surface area contributed by atoms with Crippen molar-refractivity contribution in [2.75, 3.05) is 6.54 Å². The topological polar surface area (TPSA) is 85.9 Å². The fraction of sp³-hybridized carbons (Fsp3) is 0.316. The summed E-state index contributed by atoms with van der Waals surface area (Å²) in [6.45, 7) is 2.15. The van der Waals surface area contributed by atoms with Gasteiger partial charge in [-0.1, -0.05) is 18.2 Å². The van der Waals surface area contributed by atoms with Gasteiger partial charge in [0.15, 0.2) is 0 Å². The largest absolute Gasteiger partial charge is 0.350 e. The van der Waals surface area contributed by atoms with E-state index in [0.717, 1.165) is 17.2 Å². The van der Waals surface area contributed by atoms with Gasteiger partial charge in [-0.05, 0) is 12.1 Å². The predicted octanol–water partition coefficient (Wildman–Crippen LogP) is 0.408. The molecule has 1 unspecified atom stereocenters. The van der Waals surface area contributed by atoms with Gasteiger partial charge >= 0.3 is 0 Å². The van der Waals surface area contributed by atoms with Crippen LogP contribution in [0.15, 0.2) is 53.6 Å². The Morgan fingerprint density at radius 3 is 2.96 bits per heavy atom. The summed E-state index contributed by atoms with van der Waals surface area (Å²) in [5, 5.41) is 6.23. The lowest BCUT2D eigenvalue weighted by atomic mass is 10.1. The number of aromatic nitrogens is 4. The van der Waals surface area contributed by atoms with Gasteiger partial charge < -0.3 is 15.2 Å². The Morgan fingerprint density at radius 1 is 1.33 bits per heavy atom. The summed E-state index contributed by atoms with van der Waals surface area (Å²) in [6.07, 6.45) is 3.64. The molecule has 0 radical (unpaired) electrons. The molecule has 1 aliphatic heterocycles. The lowest BCUT2D eigenvalue weighted by molar-refractivity contribution is -0.125. The molecule has 0 spiro atoms. The Bertz CT molecular complexity index is 1000. The second kappa shape index (κ2) is 7.24. The Labute approximate surface area is 156 Å². The first-order valence-corrected chi connectivity index (χ1v) is 8.95. The first-order valence-electron chi connectivity index (χ1n) is 8.95. The van der Waals surface area contributed by atoms with E-state index in [0.29, 0.717) is 26.2 Å². The third-order valence-electron chi connectivity index (χ3n) is 4.92. The van der Waals surface area contributed by atoms with Crippen molar-refractivity contribution in [1.82, 2.24) is 29.5 Å². The van der Waals surface area contributed by atoms with Gasteiger partial charge in [-0.3, -0.25) is 14.3 Å². The van der Waals surface area contributed by atoms with Crippen LogP contribution in [-0.4, -0.2) is 31.4 Å². The van der Waals surface area contributed by atoms with Gasteiger partial charge in [-0.15, -0.1) is 0 Å². The van der Waals surface area contributed by atoms with Gasteiger partial charge in [0.1, 0.15) is 5.82 Å². The third-order valence-corrected chi connectivity index (χ3v) is 4.92. The first kappa shape index (κ1) is 17.3. The molecule has 4 rings (SSSR count). The second-order valence-electron chi connectivity index (χ2n) is 6.69. The van der Waals surface area contributed by atoms with E-state index in [-0.39, 0.29) is 17.4 Å². The maximum atomic E-state index is 12.6. The summed E-state index contributed by atoms with van der Waals surface area (Å²) in [4.78, 5) is 29.3. The van der Waals surface area contributed by atoms with Crippen LogP contribution in [-0.2, 0) is 31.5 Å². The highest BCUT2D eigenvalue weighted by atomic mass is 16.2. The number of nitrogens with one attached hydrogen (secondary N) is 2. The number of hydrogen-bond acceptors (Lipinski definition) is 4. The minimum absolute atomic E-state index is 0.0380. The van der Waals surface area contributed by atoms with E-state index in [2.05, 4.69) is 15.6 Å². The molecule has 0 saturated heterocycles. The molecule has 1 aliphatic rings. The van der Waals surface area contributed by atoms with Crippen molar-refractivity contribution in [3.05, 3.63) is 70.7 Å². The van der Waals surface area contributed by atoms with Crippen LogP contribution >= 0.6 is 0 Å². The highest BCUT2D eigenvalue weighted by Gasteiger charge is 2.23. The van der Waals surface area contributed by atoms with Crippen LogP contribution < -0.4 is 16.2 Å². The van der Waals surface area contributed by atoms with E-state index in [9.17, 15) is 9.59 Å². The summed E-state index contributed by atoms with van der Waals surface area (Å²) in [5.74, 6) is 0.713. The van der Waals surface area contributed by atoms with E-state index >= 15 is 0 Å². The van der Waals surface area contributed by atoms with Crippen molar-refractivity contribution in [3.63, 3.8) is 0 Å². The molecule has 1 aromatic carbocycles. The first-order chi connectivity index (χ1) is 13.1. The normalized spacial score (nSPS) is 16.6. The highest BCUT2D eigenvalue weighted by molar-refractivity contribution is 5.78. The zero-order valence-corrected chi connectivity index (χ0v) is 15.1. The lowest BCUT2D eigenvalue weighted by Gasteiger charge is -2.16. The molecular weight excluding hydrogens is 344 g/mol. The number of imidazole rings is 1. The molecule has 140 valence electrons. The number of rotatable bonds is 4. The van der Waals surface area contributed by atoms with Crippen molar-refractivity contribution in [1.29, 1.82) is 0 Å². The Morgan fingerprint density at radius 2 is 2.15 bits per heavy atom.